The second-order valence-corrected chi connectivity index (χ2v) is 5.16. The van der Waals surface area contributed by atoms with Crippen molar-refractivity contribution in [3.8, 4) is 0 Å². The van der Waals surface area contributed by atoms with E-state index >= 15 is 0 Å². The van der Waals surface area contributed by atoms with Crippen LogP contribution in [0.2, 0.25) is 0 Å². The fraction of sp³-hybridized carbons (Fsp3) is 0.444. The summed E-state index contributed by atoms with van der Waals surface area (Å²) in [6.07, 6.45) is 3.80. The maximum atomic E-state index is 12.9. The van der Waals surface area contributed by atoms with E-state index in [4.69, 9.17) is 9.47 Å². The summed E-state index contributed by atoms with van der Waals surface area (Å²) in [5.41, 5.74) is 0.842. The molecule has 1 aromatic carbocycles. The summed E-state index contributed by atoms with van der Waals surface area (Å²) in [5.74, 6) is -2.49. The van der Waals surface area contributed by atoms with Gasteiger partial charge in [0.1, 0.15) is 12.4 Å². The lowest BCUT2D eigenvalue weighted by atomic mass is 9.99. The third-order valence-electron chi connectivity index (χ3n) is 3.29. The highest BCUT2D eigenvalue weighted by molar-refractivity contribution is 5.94. The van der Waals surface area contributed by atoms with Gasteiger partial charge in [0.2, 0.25) is 0 Å². The minimum atomic E-state index is -0.975. The van der Waals surface area contributed by atoms with E-state index in [9.17, 15) is 14.0 Å². The molecule has 0 N–H and O–H groups in total. The summed E-state index contributed by atoms with van der Waals surface area (Å²) in [7, 11) is 0. The number of hydrogen-bond acceptors (Lipinski definition) is 4. The Kier molecular flexibility index (Phi) is 8.65. The van der Waals surface area contributed by atoms with E-state index < -0.39 is 17.9 Å². The highest BCUT2D eigenvalue weighted by atomic mass is 19.1. The third-order valence-corrected chi connectivity index (χ3v) is 3.29. The molecule has 1 atom stereocenters. The van der Waals surface area contributed by atoms with Gasteiger partial charge in [0, 0.05) is 0 Å². The Hall–Kier alpha value is -2.17. The van der Waals surface area contributed by atoms with Gasteiger partial charge in [-0.3, -0.25) is 9.59 Å². The number of carbonyl (C=O) groups excluding carboxylic acids is 2. The Morgan fingerprint density at radius 3 is 2.48 bits per heavy atom. The molecular weight excluding hydrogens is 299 g/mol. The third kappa shape index (κ3) is 7.08. The van der Waals surface area contributed by atoms with Crippen LogP contribution in [0.25, 0.3) is 0 Å². The summed E-state index contributed by atoms with van der Waals surface area (Å²) < 4.78 is 23.0. The summed E-state index contributed by atoms with van der Waals surface area (Å²) in [4.78, 5) is 24.1. The molecule has 1 aromatic rings. The second kappa shape index (κ2) is 10.5. The standard InChI is InChI=1S/C18H23FO4/c1-3-5-13-23-18(21)16(17(20)22-12-4-2)11-8-14-6-9-15(19)10-7-14/h4,6-7,9-10,16H,2-3,5,8,11-13H2,1H3. The van der Waals surface area contributed by atoms with Crippen molar-refractivity contribution in [2.45, 2.75) is 32.6 Å². The number of rotatable bonds is 10. The van der Waals surface area contributed by atoms with Crippen LogP contribution in [-0.4, -0.2) is 25.2 Å². The molecule has 4 nitrogen and oxygen atoms in total. The van der Waals surface area contributed by atoms with Crippen LogP contribution in [0.1, 0.15) is 31.7 Å². The quantitative estimate of drug-likeness (QED) is 0.286. The zero-order valence-corrected chi connectivity index (χ0v) is 13.4. The molecule has 0 saturated carbocycles. The zero-order valence-electron chi connectivity index (χ0n) is 13.4. The molecule has 5 heteroatoms. The van der Waals surface area contributed by atoms with E-state index in [0.717, 1.165) is 18.4 Å². The topological polar surface area (TPSA) is 52.6 Å². The summed E-state index contributed by atoms with van der Waals surface area (Å²) >= 11 is 0. The van der Waals surface area contributed by atoms with Crippen LogP contribution in [0, 0.1) is 11.7 Å². The van der Waals surface area contributed by atoms with Gasteiger partial charge in [-0.15, -0.1) is 0 Å². The molecule has 1 unspecified atom stereocenters. The van der Waals surface area contributed by atoms with E-state index in [-0.39, 0.29) is 25.5 Å². The number of carbonyl (C=O) groups is 2. The van der Waals surface area contributed by atoms with Crippen LogP contribution in [0.4, 0.5) is 4.39 Å². The first-order chi connectivity index (χ1) is 11.1. The van der Waals surface area contributed by atoms with Crippen LogP contribution < -0.4 is 0 Å². The van der Waals surface area contributed by atoms with Gasteiger partial charge in [-0.1, -0.05) is 38.1 Å². The lowest BCUT2D eigenvalue weighted by Crippen LogP contribution is -2.29. The van der Waals surface area contributed by atoms with Crippen LogP contribution in [-0.2, 0) is 25.5 Å². The molecule has 23 heavy (non-hydrogen) atoms. The fourth-order valence-corrected chi connectivity index (χ4v) is 1.95. The normalized spacial score (nSPS) is 11.6. The average Bonchev–Trinajstić information content (AvgIpc) is 2.55. The molecule has 0 bridgehead atoms. The van der Waals surface area contributed by atoms with Gasteiger partial charge in [0.25, 0.3) is 0 Å². The summed E-state index contributed by atoms with van der Waals surface area (Å²) in [6, 6.07) is 5.95. The van der Waals surface area contributed by atoms with Crippen molar-refractivity contribution in [3.63, 3.8) is 0 Å². The fourth-order valence-electron chi connectivity index (χ4n) is 1.95. The molecule has 0 aliphatic heterocycles. The maximum Gasteiger partial charge on any atom is 0.320 e. The summed E-state index contributed by atoms with van der Waals surface area (Å²) in [6.45, 7) is 5.79. The number of esters is 2. The lowest BCUT2D eigenvalue weighted by molar-refractivity contribution is -0.161. The predicted molar refractivity (Wildman–Crippen MR) is 85.2 cm³/mol. The Labute approximate surface area is 136 Å². The largest absolute Gasteiger partial charge is 0.465 e. The van der Waals surface area contributed by atoms with Crippen LogP contribution in [0.3, 0.4) is 0 Å². The SMILES string of the molecule is C=CCOC(=O)C(CCc1ccc(F)cc1)C(=O)OCCCC. The average molecular weight is 322 g/mol. The molecule has 0 aliphatic carbocycles. The molecule has 0 amide bonds. The molecule has 126 valence electrons. The monoisotopic (exact) mass is 322 g/mol. The number of aryl methyl sites for hydroxylation is 1. The first-order valence-corrected chi connectivity index (χ1v) is 7.77. The van der Waals surface area contributed by atoms with Gasteiger partial charge in [0.05, 0.1) is 6.61 Å². The number of halogens is 1. The molecule has 0 aromatic heterocycles. The molecule has 0 saturated heterocycles. The Morgan fingerprint density at radius 1 is 1.22 bits per heavy atom. The number of hydrogen-bond donors (Lipinski definition) is 0. The molecular formula is C18H23FO4. The van der Waals surface area contributed by atoms with E-state index in [1.807, 2.05) is 6.92 Å². The van der Waals surface area contributed by atoms with Crippen molar-refractivity contribution >= 4 is 11.9 Å². The van der Waals surface area contributed by atoms with Gasteiger partial charge in [0.15, 0.2) is 5.92 Å². The van der Waals surface area contributed by atoms with Gasteiger partial charge >= 0.3 is 11.9 Å². The molecule has 0 aliphatic rings. The number of unbranched alkanes of at least 4 members (excludes halogenated alkanes) is 1. The molecule has 1 rings (SSSR count). The predicted octanol–water partition coefficient (Wildman–Crippen LogP) is 3.45. The van der Waals surface area contributed by atoms with Crippen molar-refractivity contribution in [1.82, 2.24) is 0 Å². The molecule has 0 fully saturated rings. The number of benzene rings is 1. The van der Waals surface area contributed by atoms with Crippen molar-refractivity contribution in [2.24, 2.45) is 5.92 Å². The number of ether oxygens (including phenoxy) is 2. The van der Waals surface area contributed by atoms with Crippen molar-refractivity contribution in [2.75, 3.05) is 13.2 Å². The Balaban J connectivity index is 2.65. The first-order valence-electron chi connectivity index (χ1n) is 7.77. The Morgan fingerprint density at radius 2 is 1.87 bits per heavy atom. The Bertz CT molecular complexity index is 510. The molecule has 0 spiro atoms. The maximum absolute atomic E-state index is 12.9. The smallest absolute Gasteiger partial charge is 0.320 e. The van der Waals surface area contributed by atoms with Crippen molar-refractivity contribution in [1.29, 1.82) is 0 Å². The van der Waals surface area contributed by atoms with Crippen LogP contribution in [0.5, 0.6) is 0 Å². The lowest BCUT2D eigenvalue weighted by Gasteiger charge is -2.15. The van der Waals surface area contributed by atoms with E-state index in [2.05, 4.69) is 6.58 Å². The van der Waals surface area contributed by atoms with Gasteiger partial charge in [-0.25, -0.2) is 4.39 Å². The van der Waals surface area contributed by atoms with E-state index in [1.54, 1.807) is 12.1 Å². The summed E-state index contributed by atoms with van der Waals surface area (Å²) in [5, 5.41) is 0. The first kappa shape index (κ1) is 18.9. The molecule has 0 heterocycles. The minimum absolute atomic E-state index is 0.0497. The highest BCUT2D eigenvalue weighted by Crippen LogP contribution is 2.15. The van der Waals surface area contributed by atoms with Gasteiger partial charge in [-0.2, -0.15) is 0 Å². The minimum Gasteiger partial charge on any atom is -0.465 e. The zero-order chi connectivity index (χ0) is 17.1. The van der Waals surface area contributed by atoms with Crippen molar-refractivity contribution in [3.05, 3.63) is 48.3 Å². The highest BCUT2D eigenvalue weighted by Gasteiger charge is 2.29. The second-order valence-electron chi connectivity index (χ2n) is 5.16. The van der Waals surface area contributed by atoms with E-state index in [0.29, 0.717) is 6.42 Å². The van der Waals surface area contributed by atoms with Gasteiger partial charge in [-0.05, 0) is 37.0 Å². The van der Waals surface area contributed by atoms with Crippen LogP contribution >= 0.6 is 0 Å². The van der Waals surface area contributed by atoms with Crippen LogP contribution in [0.15, 0.2) is 36.9 Å². The van der Waals surface area contributed by atoms with E-state index in [1.165, 1.54) is 18.2 Å². The molecule has 0 radical (unpaired) electrons. The van der Waals surface area contributed by atoms with Gasteiger partial charge < -0.3 is 9.47 Å². The van der Waals surface area contributed by atoms with Crippen molar-refractivity contribution < 1.29 is 23.5 Å².